The van der Waals surface area contributed by atoms with E-state index in [0.717, 1.165) is 32.4 Å². The first-order valence-corrected chi connectivity index (χ1v) is 36.6. The fourth-order valence-corrected chi connectivity index (χ4v) is 12.7. The molecule has 7 amide bonds. The summed E-state index contributed by atoms with van der Waals surface area (Å²) >= 11 is 0. The molecule has 28 N–H and O–H groups in total. The van der Waals surface area contributed by atoms with Gasteiger partial charge in [0, 0.05) is 118 Å². The molecule has 0 aliphatic rings. The fraction of sp³-hybridized carbons (Fsp3) is 0.772. The van der Waals surface area contributed by atoms with Crippen molar-refractivity contribution in [1.82, 2.24) is 37.3 Å². The highest BCUT2D eigenvalue weighted by atomic mass is 33.1. The summed E-state index contributed by atoms with van der Waals surface area (Å²) in [7, 11) is 4.25. The average molecular weight is 1550 g/mol. The normalized spacial score (nSPS) is 16.8. The van der Waals surface area contributed by atoms with Gasteiger partial charge in [-0.15, -0.1) is 0 Å². The van der Waals surface area contributed by atoms with Crippen LogP contribution in [0.1, 0.15) is 89.9 Å². The molecule has 0 fully saturated rings. The largest absolute Gasteiger partial charge is 0.481 e. The molecule has 0 rings (SSSR count). The Hall–Kier alpha value is -5.77. The number of carbonyl (C=O) groups excluding carboxylic acids is 10. The zero-order valence-electron chi connectivity index (χ0n) is 55.2. The van der Waals surface area contributed by atoms with E-state index in [0.29, 0.717) is 0 Å². The van der Waals surface area contributed by atoms with Crippen LogP contribution in [0.15, 0.2) is 0 Å². The standard InChI is InChI=1S/C57H98N8O33S4/c58-65-57(97)98-13-16-101-99-14-11-30(70)17-27(1-6-42(79)59-20-36(73)47(86)50(89)39(76)23-67)53(92)62-31(4-9-45(82)83)34(71)18-28(2-7-43(80)60-21-37(74)48(87)51(90)40(77)24-68)54(93)63-32(5-10-46(84)85)35(72)19-29(55(94)64-33(56(95)96)26-102-100-15-12-66)3-8-44(81)61-22-38(75)49(88)52(91)41(78)25-69/h27-29,31-33,36-41,47-52,66-69,73-78,86-91H,1-26,58H2,(H,59,79)(H,60,80)(H,61,81)(H,62,92)(H,63,93)(H,64,94)(H,65,97)(H,82,83)(H,84,85)(H,95,96)/t27-,28-,29-,31+,32+,33+,36+,37+,38+,39-,40-,41-,47-,48-,49-,50-,51-,52-/m1/s1. The van der Waals surface area contributed by atoms with Crippen molar-refractivity contribution >= 4 is 120 Å². The zero-order chi connectivity index (χ0) is 77.8. The number of rotatable bonds is 60. The van der Waals surface area contributed by atoms with Crippen molar-refractivity contribution in [3.8, 4) is 0 Å². The van der Waals surface area contributed by atoms with E-state index in [9.17, 15) is 149 Å². The molecule has 0 saturated carbocycles. The zero-order valence-corrected chi connectivity index (χ0v) is 58.5. The smallest absolute Gasteiger partial charge is 0.421 e. The predicted molar refractivity (Wildman–Crippen MR) is 357 cm³/mol. The third kappa shape index (κ3) is 40.5. The van der Waals surface area contributed by atoms with Crippen molar-refractivity contribution in [2.24, 2.45) is 23.6 Å². The molecule has 0 bridgehead atoms. The van der Waals surface area contributed by atoms with E-state index >= 15 is 0 Å². The Bertz CT molecular complexity index is 2620. The van der Waals surface area contributed by atoms with E-state index in [-0.39, 0.29) is 42.6 Å². The number of hydrazine groups is 1. The van der Waals surface area contributed by atoms with Crippen molar-refractivity contribution in [2.75, 3.05) is 75.7 Å². The van der Waals surface area contributed by atoms with Crippen LogP contribution in [-0.2, 0) is 62.3 Å². The van der Waals surface area contributed by atoms with Crippen LogP contribution in [0.3, 0.4) is 0 Å². The first-order chi connectivity index (χ1) is 48.0. The van der Waals surface area contributed by atoms with Crippen molar-refractivity contribution in [3.05, 3.63) is 0 Å². The third-order valence-corrected chi connectivity index (χ3v) is 19.8. The lowest BCUT2D eigenvalue weighted by Gasteiger charge is -2.26. The maximum absolute atomic E-state index is 14.7. The Balaban J connectivity index is 7.60. The number of carboxylic acid groups (broad SMARTS) is 3. The Morgan fingerprint density at radius 2 is 0.716 bits per heavy atom. The monoisotopic (exact) mass is 1550 g/mol. The van der Waals surface area contributed by atoms with Gasteiger partial charge in [-0.3, -0.25) is 58.2 Å². The van der Waals surface area contributed by atoms with E-state index in [2.05, 4.69) is 31.9 Å². The summed E-state index contributed by atoms with van der Waals surface area (Å²) in [5.41, 5.74) is 1.76. The fourth-order valence-electron chi connectivity index (χ4n) is 8.91. The molecule has 18 atom stereocenters. The van der Waals surface area contributed by atoms with Gasteiger partial charge in [0.2, 0.25) is 35.4 Å². The highest BCUT2D eigenvalue weighted by Crippen LogP contribution is 2.26. The number of aliphatic hydroxyl groups excluding tert-OH is 16. The van der Waals surface area contributed by atoms with Crippen LogP contribution in [-0.4, -0.2) is 341 Å². The molecular weight excluding hydrogens is 1450 g/mol. The molecule has 0 aliphatic carbocycles. The molecule has 0 unspecified atom stereocenters. The second-order valence-corrected chi connectivity index (χ2v) is 28.3. The number of aliphatic carboxylic acids is 3. The molecule has 0 aromatic rings. The van der Waals surface area contributed by atoms with Gasteiger partial charge in [0.05, 0.1) is 56.8 Å². The van der Waals surface area contributed by atoms with Gasteiger partial charge in [-0.05, 0) is 32.1 Å². The van der Waals surface area contributed by atoms with E-state index in [4.69, 9.17) is 20.8 Å². The molecule has 45 heteroatoms. The SMILES string of the molecule is NNC(=O)OCCSSCCC(=O)C[C@@H](CCC(=O)NC[C@H](O)[C@@H](O)[C@H](O)[C@H](O)CO)C(=O)N[C@@H](CCC(=O)O)C(=O)C[C@@H](CCC(=O)NC[C@H](O)[C@@H](O)[C@H](O)[C@H](O)CO)C(=O)N[C@@H](CCC(=O)O)C(=O)C[C@@H](CCC(=O)NC[C@H](O)[C@@H](O)[C@H](O)[C@H](O)CO)C(=O)N[C@@H](CSSCCO)C(=O)O. The molecule has 0 radical (unpaired) electrons. The summed E-state index contributed by atoms with van der Waals surface area (Å²) in [5, 5.41) is 201. The van der Waals surface area contributed by atoms with Crippen LogP contribution >= 0.6 is 43.2 Å². The van der Waals surface area contributed by atoms with Crippen LogP contribution in [0, 0.1) is 17.8 Å². The van der Waals surface area contributed by atoms with Crippen molar-refractivity contribution in [3.63, 3.8) is 0 Å². The Kier molecular flexibility index (Phi) is 50.9. The van der Waals surface area contributed by atoms with Gasteiger partial charge in [0.15, 0.2) is 11.6 Å². The first-order valence-electron chi connectivity index (χ1n) is 31.7. The second kappa shape index (κ2) is 53.9. The lowest BCUT2D eigenvalue weighted by molar-refractivity contribution is -0.142. The third-order valence-electron chi connectivity index (χ3n) is 15.0. The predicted octanol–water partition coefficient (Wildman–Crippen LogP) is -10.3. The summed E-state index contributed by atoms with van der Waals surface area (Å²) in [6, 6.07) is -5.60. The second-order valence-electron chi connectivity index (χ2n) is 23.0. The number of nitrogens with one attached hydrogen (secondary N) is 7. The molecule has 0 aliphatic heterocycles. The Morgan fingerprint density at radius 1 is 0.382 bits per heavy atom. The highest BCUT2D eigenvalue weighted by molar-refractivity contribution is 8.77. The number of hydrogen-bond acceptors (Lipinski definition) is 35. The topological polar surface area (TPSA) is 726 Å². The molecule has 0 saturated heterocycles. The minimum Gasteiger partial charge on any atom is -0.481 e. The summed E-state index contributed by atoms with van der Waals surface area (Å²) < 4.78 is 4.78. The maximum Gasteiger partial charge on any atom is 0.421 e. The summed E-state index contributed by atoms with van der Waals surface area (Å²) in [6.07, 6.45) is -36.0. The van der Waals surface area contributed by atoms with Crippen LogP contribution in [0.25, 0.3) is 0 Å². The van der Waals surface area contributed by atoms with Gasteiger partial charge >= 0.3 is 24.0 Å². The molecule has 0 aromatic carbocycles. The molecule has 0 aromatic heterocycles. The lowest BCUT2D eigenvalue weighted by Crippen LogP contribution is -2.50. The number of hydrogen-bond donors (Lipinski definition) is 27. The van der Waals surface area contributed by atoms with Crippen LogP contribution < -0.4 is 43.2 Å². The number of ether oxygens (including phenoxy) is 1. The quantitative estimate of drug-likeness (QED) is 0.00884. The molecule has 41 nitrogen and oxygen atoms in total. The van der Waals surface area contributed by atoms with Gasteiger partial charge in [0.25, 0.3) is 0 Å². The number of Topliss-reactive ketones (excluding diaryl/α,β-unsaturated/α-hetero) is 3. The number of amides is 7. The van der Waals surface area contributed by atoms with E-state index < -0.39 is 309 Å². The summed E-state index contributed by atoms with van der Waals surface area (Å²) in [6.45, 7) is -6.00. The molecule has 0 spiro atoms. The van der Waals surface area contributed by atoms with E-state index in [1.54, 1.807) is 5.43 Å². The number of ketones is 3. The van der Waals surface area contributed by atoms with E-state index in [1.165, 1.54) is 10.8 Å². The van der Waals surface area contributed by atoms with Crippen molar-refractivity contribution in [2.45, 2.75) is 181 Å². The van der Waals surface area contributed by atoms with Gasteiger partial charge in [-0.25, -0.2) is 15.4 Å². The van der Waals surface area contributed by atoms with Gasteiger partial charge in [0.1, 0.15) is 73.4 Å². The van der Waals surface area contributed by atoms with Gasteiger partial charge < -0.3 is 134 Å². The number of carboxylic acids is 3. The molecule has 588 valence electrons. The number of aliphatic hydroxyl groups is 16. The van der Waals surface area contributed by atoms with Crippen molar-refractivity contribution < 1.29 is 164 Å². The average Bonchev–Trinajstić information content (AvgIpc) is 0.860. The minimum atomic E-state index is -2.18. The minimum absolute atomic E-state index is 0.0827. The molecular formula is C57H98N8O33S4. The van der Waals surface area contributed by atoms with Crippen LogP contribution in [0.4, 0.5) is 4.79 Å². The summed E-state index contributed by atoms with van der Waals surface area (Å²) in [5.74, 6) is -14.5. The first kappa shape index (κ1) is 96.2. The van der Waals surface area contributed by atoms with Gasteiger partial charge in [-0.1, -0.05) is 43.2 Å². The molecule has 102 heavy (non-hydrogen) atoms. The Labute approximate surface area is 599 Å². The number of nitrogens with two attached hydrogens (primary N) is 1. The lowest BCUT2D eigenvalue weighted by atomic mass is 9.89. The van der Waals surface area contributed by atoms with Gasteiger partial charge in [-0.2, -0.15) is 0 Å². The van der Waals surface area contributed by atoms with Crippen molar-refractivity contribution in [1.29, 1.82) is 0 Å². The van der Waals surface area contributed by atoms with Crippen LogP contribution in [0.2, 0.25) is 0 Å². The highest BCUT2D eigenvalue weighted by Gasteiger charge is 2.38. The van der Waals surface area contributed by atoms with E-state index in [1.807, 2.05) is 0 Å². The molecule has 0 heterocycles. The summed E-state index contributed by atoms with van der Waals surface area (Å²) in [4.78, 5) is 173. The van der Waals surface area contributed by atoms with Crippen LogP contribution in [0.5, 0.6) is 0 Å². The Morgan fingerprint density at radius 3 is 1.05 bits per heavy atom. The number of carbonyl (C=O) groups is 13. The maximum atomic E-state index is 14.7.